The SMILES string of the molecule is CC(=O)C(C)(C)Oc1cccc(Cl)c1. The number of halogens is 1. The van der Waals surface area contributed by atoms with Crippen molar-refractivity contribution in [2.75, 3.05) is 0 Å². The zero-order valence-corrected chi connectivity index (χ0v) is 9.26. The minimum atomic E-state index is -0.801. The maximum atomic E-state index is 11.2. The molecule has 0 aliphatic heterocycles. The Balaban J connectivity index is 2.83. The summed E-state index contributed by atoms with van der Waals surface area (Å²) in [6, 6.07) is 7.01. The van der Waals surface area contributed by atoms with Crippen LogP contribution in [0.1, 0.15) is 20.8 Å². The van der Waals surface area contributed by atoms with Crippen LogP contribution in [0, 0.1) is 0 Å². The van der Waals surface area contributed by atoms with E-state index >= 15 is 0 Å². The largest absolute Gasteiger partial charge is 0.480 e. The van der Waals surface area contributed by atoms with E-state index in [2.05, 4.69) is 0 Å². The molecule has 0 aliphatic carbocycles. The fourth-order valence-corrected chi connectivity index (χ4v) is 1.08. The summed E-state index contributed by atoms with van der Waals surface area (Å²) in [5.41, 5.74) is -0.801. The third-order valence-corrected chi connectivity index (χ3v) is 2.25. The first-order chi connectivity index (χ1) is 6.42. The fourth-order valence-electron chi connectivity index (χ4n) is 0.897. The standard InChI is InChI=1S/C11H13ClO2/c1-8(13)11(2,3)14-10-6-4-5-9(12)7-10/h4-7H,1-3H3. The van der Waals surface area contributed by atoms with Crippen molar-refractivity contribution >= 4 is 17.4 Å². The number of Topliss-reactive ketones (excluding diaryl/α,β-unsaturated/α-hetero) is 1. The molecule has 0 amide bonds. The Hall–Kier alpha value is -1.02. The van der Waals surface area contributed by atoms with Crippen molar-refractivity contribution < 1.29 is 9.53 Å². The predicted molar refractivity (Wildman–Crippen MR) is 56.8 cm³/mol. The van der Waals surface area contributed by atoms with E-state index in [1.54, 1.807) is 38.1 Å². The van der Waals surface area contributed by atoms with Crippen LogP contribution < -0.4 is 4.74 Å². The summed E-state index contributed by atoms with van der Waals surface area (Å²) in [4.78, 5) is 11.2. The first kappa shape index (κ1) is 11.1. The van der Waals surface area contributed by atoms with Crippen LogP contribution in [-0.4, -0.2) is 11.4 Å². The molecule has 0 fully saturated rings. The monoisotopic (exact) mass is 212 g/mol. The Kier molecular flexibility index (Phi) is 3.17. The molecule has 0 radical (unpaired) electrons. The summed E-state index contributed by atoms with van der Waals surface area (Å²) in [7, 11) is 0. The van der Waals surface area contributed by atoms with E-state index < -0.39 is 5.60 Å². The van der Waals surface area contributed by atoms with E-state index in [1.165, 1.54) is 6.92 Å². The number of benzene rings is 1. The predicted octanol–water partition coefficient (Wildman–Crippen LogP) is 3.09. The Morgan fingerprint density at radius 2 is 2.07 bits per heavy atom. The van der Waals surface area contributed by atoms with Crippen molar-refractivity contribution in [1.29, 1.82) is 0 Å². The Bertz CT molecular complexity index is 345. The van der Waals surface area contributed by atoms with Gasteiger partial charge in [-0.1, -0.05) is 17.7 Å². The van der Waals surface area contributed by atoms with Gasteiger partial charge in [0.05, 0.1) is 0 Å². The molecule has 3 heteroatoms. The molecule has 14 heavy (non-hydrogen) atoms. The molecule has 0 saturated heterocycles. The molecule has 0 aliphatic rings. The highest BCUT2D eigenvalue weighted by atomic mass is 35.5. The molecule has 0 atom stereocenters. The number of hydrogen-bond acceptors (Lipinski definition) is 2. The maximum absolute atomic E-state index is 11.2. The second kappa shape index (κ2) is 4.01. The summed E-state index contributed by atoms with van der Waals surface area (Å²) in [5, 5.41) is 0.599. The summed E-state index contributed by atoms with van der Waals surface area (Å²) in [6.45, 7) is 4.97. The van der Waals surface area contributed by atoms with Crippen LogP contribution in [0.3, 0.4) is 0 Å². The molecule has 0 saturated carbocycles. The van der Waals surface area contributed by atoms with Crippen molar-refractivity contribution in [2.45, 2.75) is 26.4 Å². The van der Waals surface area contributed by atoms with Gasteiger partial charge in [-0.2, -0.15) is 0 Å². The van der Waals surface area contributed by atoms with Gasteiger partial charge in [0, 0.05) is 5.02 Å². The summed E-state index contributed by atoms with van der Waals surface area (Å²) in [6.07, 6.45) is 0. The zero-order valence-electron chi connectivity index (χ0n) is 8.50. The molecule has 0 unspecified atom stereocenters. The summed E-state index contributed by atoms with van der Waals surface area (Å²) >= 11 is 5.79. The molecule has 0 heterocycles. The average molecular weight is 213 g/mol. The number of hydrogen-bond donors (Lipinski definition) is 0. The van der Waals surface area contributed by atoms with Gasteiger partial charge in [0.15, 0.2) is 11.4 Å². The summed E-state index contributed by atoms with van der Waals surface area (Å²) in [5.74, 6) is 0.593. The highest BCUT2D eigenvalue weighted by molar-refractivity contribution is 6.30. The summed E-state index contributed by atoms with van der Waals surface area (Å²) < 4.78 is 5.51. The average Bonchev–Trinajstić information content (AvgIpc) is 2.02. The van der Waals surface area contributed by atoms with Crippen LogP contribution in [0.5, 0.6) is 5.75 Å². The minimum Gasteiger partial charge on any atom is -0.480 e. The number of carbonyl (C=O) groups excluding carboxylic acids is 1. The van der Waals surface area contributed by atoms with Gasteiger partial charge in [-0.05, 0) is 39.0 Å². The molecular formula is C11H13ClO2. The molecule has 2 nitrogen and oxygen atoms in total. The lowest BCUT2D eigenvalue weighted by atomic mass is 10.1. The van der Waals surface area contributed by atoms with Crippen LogP contribution in [0.15, 0.2) is 24.3 Å². The fraction of sp³-hybridized carbons (Fsp3) is 0.364. The number of rotatable bonds is 3. The van der Waals surface area contributed by atoms with Gasteiger partial charge in [0.25, 0.3) is 0 Å². The van der Waals surface area contributed by atoms with E-state index in [0.29, 0.717) is 10.8 Å². The molecule has 1 aromatic rings. The van der Waals surface area contributed by atoms with Crippen molar-refractivity contribution in [3.63, 3.8) is 0 Å². The first-order valence-corrected chi connectivity index (χ1v) is 4.75. The minimum absolute atomic E-state index is 0.0162. The normalized spacial score (nSPS) is 11.1. The molecule has 0 spiro atoms. The molecule has 76 valence electrons. The second-order valence-corrected chi connectivity index (χ2v) is 4.06. The van der Waals surface area contributed by atoms with E-state index in [0.717, 1.165) is 0 Å². The van der Waals surface area contributed by atoms with E-state index in [-0.39, 0.29) is 5.78 Å². The Labute approximate surface area is 88.8 Å². The van der Waals surface area contributed by atoms with Crippen molar-refractivity contribution in [1.82, 2.24) is 0 Å². The zero-order chi connectivity index (χ0) is 10.8. The van der Waals surface area contributed by atoms with Crippen molar-refractivity contribution in [2.24, 2.45) is 0 Å². The lowest BCUT2D eigenvalue weighted by Crippen LogP contribution is -2.36. The molecule has 1 aromatic carbocycles. The van der Waals surface area contributed by atoms with Crippen LogP contribution in [-0.2, 0) is 4.79 Å². The second-order valence-electron chi connectivity index (χ2n) is 3.63. The number of ketones is 1. The van der Waals surface area contributed by atoms with Gasteiger partial charge >= 0.3 is 0 Å². The van der Waals surface area contributed by atoms with Crippen molar-refractivity contribution in [3.05, 3.63) is 29.3 Å². The molecule has 0 N–H and O–H groups in total. The molecular weight excluding hydrogens is 200 g/mol. The maximum Gasteiger partial charge on any atom is 0.172 e. The smallest absolute Gasteiger partial charge is 0.172 e. The third kappa shape index (κ3) is 2.74. The Morgan fingerprint density at radius 1 is 1.43 bits per heavy atom. The number of ether oxygens (including phenoxy) is 1. The molecule has 1 rings (SSSR count). The van der Waals surface area contributed by atoms with Gasteiger partial charge < -0.3 is 4.74 Å². The third-order valence-electron chi connectivity index (χ3n) is 2.02. The quantitative estimate of drug-likeness (QED) is 0.770. The van der Waals surface area contributed by atoms with Crippen LogP contribution in [0.25, 0.3) is 0 Å². The highest BCUT2D eigenvalue weighted by Crippen LogP contribution is 2.22. The van der Waals surface area contributed by atoms with Crippen LogP contribution in [0.2, 0.25) is 5.02 Å². The highest BCUT2D eigenvalue weighted by Gasteiger charge is 2.25. The van der Waals surface area contributed by atoms with E-state index in [1.807, 2.05) is 0 Å². The first-order valence-electron chi connectivity index (χ1n) is 4.37. The van der Waals surface area contributed by atoms with Crippen LogP contribution >= 0.6 is 11.6 Å². The van der Waals surface area contributed by atoms with E-state index in [4.69, 9.17) is 16.3 Å². The van der Waals surface area contributed by atoms with Gasteiger partial charge in [0.1, 0.15) is 5.75 Å². The van der Waals surface area contributed by atoms with Gasteiger partial charge in [-0.25, -0.2) is 0 Å². The molecule has 0 aromatic heterocycles. The Morgan fingerprint density at radius 3 is 2.57 bits per heavy atom. The van der Waals surface area contributed by atoms with Gasteiger partial charge in [0.2, 0.25) is 0 Å². The van der Waals surface area contributed by atoms with Crippen molar-refractivity contribution in [3.8, 4) is 5.75 Å². The number of carbonyl (C=O) groups is 1. The van der Waals surface area contributed by atoms with Crippen LogP contribution in [0.4, 0.5) is 0 Å². The van der Waals surface area contributed by atoms with Gasteiger partial charge in [-0.15, -0.1) is 0 Å². The topological polar surface area (TPSA) is 26.3 Å². The van der Waals surface area contributed by atoms with E-state index in [9.17, 15) is 4.79 Å². The lowest BCUT2D eigenvalue weighted by molar-refractivity contribution is -0.129. The molecule has 0 bridgehead atoms. The van der Waals surface area contributed by atoms with Gasteiger partial charge in [-0.3, -0.25) is 4.79 Å². The lowest BCUT2D eigenvalue weighted by Gasteiger charge is -2.23.